The van der Waals surface area contributed by atoms with Gasteiger partial charge in [-0.15, -0.1) is 0 Å². The van der Waals surface area contributed by atoms with E-state index in [9.17, 15) is 4.79 Å². The summed E-state index contributed by atoms with van der Waals surface area (Å²) in [5, 5.41) is 0. The molecule has 1 atom stereocenters. The lowest BCUT2D eigenvalue weighted by atomic mass is 10.1. The monoisotopic (exact) mass is 299 g/mol. The first-order chi connectivity index (χ1) is 10.7. The van der Waals surface area contributed by atoms with E-state index >= 15 is 0 Å². The summed E-state index contributed by atoms with van der Waals surface area (Å²) >= 11 is 0. The zero-order chi connectivity index (χ0) is 15.4. The second-order valence-electron chi connectivity index (χ2n) is 5.54. The minimum absolute atomic E-state index is 0.0743. The molecular formula is C17H21N3O2. The van der Waals surface area contributed by atoms with Crippen LogP contribution in [0.5, 0.6) is 0 Å². The van der Waals surface area contributed by atoms with Gasteiger partial charge in [-0.3, -0.25) is 9.69 Å². The number of morpholine rings is 1. The lowest BCUT2D eigenvalue weighted by Gasteiger charge is -2.32. The van der Waals surface area contributed by atoms with Crippen LogP contribution in [0, 0.1) is 0 Å². The molecule has 1 aromatic heterocycles. The Hall–Kier alpha value is -1.98. The number of H-pyrrole nitrogens is 1. The fraction of sp³-hybridized carbons (Fsp3) is 0.412. The molecule has 0 radical (unpaired) electrons. The van der Waals surface area contributed by atoms with Crippen LogP contribution in [0.15, 0.2) is 41.2 Å². The molecule has 1 saturated heterocycles. The molecule has 1 aliphatic heterocycles. The van der Waals surface area contributed by atoms with E-state index in [1.807, 2.05) is 25.1 Å². The molecule has 1 fully saturated rings. The third-order valence-electron chi connectivity index (χ3n) is 3.90. The SMILES string of the molecule is CCc1cc(=O)[nH]c(CN2CCO[C@@H](c3ccccc3)C2)n1. The summed E-state index contributed by atoms with van der Waals surface area (Å²) in [7, 11) is 0. The van der Waals surface area contributed by atoms with E-state index in [-0.39, 0.29) is 11.7 Å². The Morgan fingerprint density at radius 2 is 2.18 bits per heavy atom. The fourth-order valence-corrected chi connectivity index (χ4v) is 2.75. The van der Waals surface area contributed by atoms with E-state index in [0.717, 1.165) is 31.0 Å². The standard InChI is InChI=1S/C17H21N3O2/c1-2-14-10-17(21)19-16(18-14)12-20-8-9-22-15(11-20)13-6-4-3-5-7-13/h3-7,10,15H,2,8-9,11-12H2,1H3,(H,18,19,21)/t15-/m1/s1. The van der Waals surface area contributed by atoms with E-state index in [1.54, 1.807) is 6.07 Å². The summed E-state index contributed by atoms with van der Waals surface area (Å²) in [6.07, 6.45) is 0.850. The van der Waals surface area contributed by atoms with Gasteiger partial charge in [-0.05, 0) is 12.0 Å². The summed E-state index contributed by atoms with van der Waals surface area (Å²) in [5.41, 5.74) is 1.96. The van der Waals surface area contributed by atoms with Gasteiger partial charge in [0, 0.05) is 24.8 Å². The van der Waals surface area contributed by atoms with E-state index in [0.29, 0.717) is 13.2 Å². The Kier molecular flexibility index (Phi) is 4.65. The van der Waals surface area contributed by atoms with E-state index in [1.165, 1.54) is 5.56 Å². The summed E-state index contributed by atoms with van der Waals surface area (Å²) in [4.78, 5) is 21.3. The highest BCUT2D eigenvalue weighted by atomic mass is 16.5. The van der Waals surface area contributed by atoms with Gasteiger partial charge in [0.15, 0.2) is 0 Å². The normalized spacial score (nSPS) is 19.2. The third kappa shape index (κ3) is 3.61. The molecule has 2 aromatic rings. The predicted octanol–water partition coefficient (Wildman–Crippen LogP) is 1.91. The van der Waals surface area contributed by atoms with Crippen molar-refractivity contribution in [1.29, 1.82) is 0 Å². The van der Waals surface area contributed by atoms with Gasteiger partial charge in [0.2, 0.25) is 0 Å². The van der Waals surface area contributed by atoms with Gasteiger partial charge in [-0.25, -0.2) is 4.98 Å². The van der Waals surface area contributed by atoms with Gasteiger partial charge < -0.3 is 9.72 Å². The first-order valence-electron chi connectivity index (χ1n) is 7.72. The number of nitrogens with zero attached hydrogens (tertiary/aromatic N) is 2. The van der Waals surface area contributed by atoms with Crippen LogP contribution in [-0.2, 0) is 17.7 Å². The van der Waals surface area contributed by atoms with Crippen molar-refractivity contribution >= 4 is 0 Å². The Morgan fingerprint density at radius 3 is 2.95 bits per heavy atom. The molecule has 0 spiro atoms. The van der Waals surface area contributed by atoms with E-state index < -0.39 is 0 Å². The first kappa shape index (κ1) is 14.9. The Bertz CT molecular complexity index is 669. The third-order valence-corrected chi connectivity index (χ3v) is 3.90. The average molecular weight is 299 g/mol. The second kappa shape index (κ2) is 6.85. The lowest BCUT2D eigenvalue weighted by molar-refractivity contribution is -0.0337. The fourth-order valence-electron chi connectivity index (χ4n) is 2.75. The quantitative estimate of drug-likeness (QED) is 0.937. The van der Waals surface area contributed by atoms with Gasteiger partial charge in [0.1, 0.15) is 5.82 Å². The molecule has 1 N–H and O–H groups in total. The molecule has 0 aliphatic carbocycles. The molecule has 22 heavy (non-hydrogen) atoms. The number of ether oxygens (including phenoxy) is 1. The molecule has 5 nitrogen and oxygen atoms in total. The van der Waals surface area contributed by atoms with Crippen molar-refractivity contribution in [2.75, 3.05) is 19.7 Å². The van der Waals surface area contributed by atoms with Gasteiger partial charge >= 0.3 is 0 Å². The van der Waals surface area contributed by atoms with E-state index in [4.69, 9.17) is 4.74 Å². The van der Waals surface area contributed by atoms with Crippen LogP contribution in [0.4, 0.5) is 0 Å². The number of hydrogen-bond donors (Lipinski definition) is 1. The van der Waals surface area contributed by atoms with Crippen LogP contribution in [-0.4, -0.2) is 34.6 Å². The number of rotatable bonds is 4. The molecule has 5 heteroatoms. The van der Waals surface area contributed by atoms with Crippen molar-refractivity contribution in [2.45, 2.75) is 26.0 Å². The van der Waals surface area contributed by atoms with Crippen LogP contribution in [0.25, 0.3) is 0 Å². The molecule has 3 rings (SSSR count). The largest absolute Gasteiger partial charge is 0.371 e. The van der Waals surface area contributed by atoms with Crippen LogP contribution < -0.4 is 5.56 Å². The van der Waals surface area contributed by atoms with Gasteiger partial charge in [-0.1, -0.05) is 37.3 Å². The summed E-state index contributed by atoms with van der Waals surface area (Å²) in [6.45, 7) is 5.01. The van der Waals surface area contributed by atoms with Crippen LogP contribution in [0.3, 0.4) is 0 Å². The number of benzene rings is 1. The van der Waals surface area contributed by atoms with Crippen molar-refractivity contribution in [3.05, 3.63) is 63.8 Å². The molecule has 0 amide bonds. The van der Waals surface area contributed by atoms with Crippen molar-refractivity contribution in [1.82, 2.24) is 14.9 Å². The maximum absolute atomic E-state index is 11.7. The van der Waals surface area contributed by atoms with Crippen LogP contribution in [0.1, 0.15) is 30.1 Å². The Balaban J connectivity index is 1.70. The molecule has 0 bridgehead atoms. The lowest BCUT2D eigenvalue weighted by Crippen LogP contribution is -2.38. The number of hydrogen-bond acceptors (Lipinski definition) is 4. The maximum Gasteiger partial charge on any atom is 0.251 e. The Labute approximate surface area is 130 Å². The highest BCUT2D eigenvalue weighted by Gasteiger charge is 2.22. The van der Waals surface area contributed by atoms with Crippen molar-refractivity contribution in [2.24, 2.45) is 0 Å². The molecule has 2 heterocycles. The van der Waals surface area contributed by atoms with Crippen LogP contribution >= 0.6 is 0 Å². The summed E-state index contributed by atoms with van der Waals surface area (Å²) < 4.78 is 5.87. The van der Waals surface area contributed by atoms with E-state index in [2.05, 4.69) is 27.0 Å². The molecule has 0 saturated carbocycles. The van der Waals surface area contributed by atoms with Crippen LogP contribution in [0.2, 0.25) is 0 Å². The zero-order valence-corrected chi connectivity index (χ0v) is 12.8. The molecule has 116 valence electrons. The average Bonchev–Trinajstić information content (AvgIpc) is 2.55. The topological polar surface area (TPSA) is 58.2 Å². The highest BCUT2D eigenvalue weighted by Crippen LogP contribution is 2.22. The molecule has 0 unspecified atom stereocenters. The number of nitrogens with one attached hydrogen (secondary N) is 1. The van der Waals surface area contributed by atoms with Gasteiger partial charge in [-0.2, -0.15) is 0 Å². The van der Waals surface area contributed by atoms with Gasteiger partial charge in [0.25, 0.3) is 5.56 Å². The summed E-state index contributed by atoms with van der Waals surface area (Å²) in [5.74, 6) is 0.734. The maximum atomic E-state index is 11.7. The summed E-state index contributed by atoms with van der Waals surface area (Å²) in [6, 6.07) is 11.8. The highest BCUT2D eigenvalue weighted by molar-refractivity contribution is 5.18. The smallest absolute Gasteiger partial charge is 0.251 e. The molecule has 1 aliphatic rings. The number of aromatic amines is 1. The predicted molar refractivity (Wildman–Crippen MR) is 84.6 cm³/mol. The second-order valence-corrected chi connectivity index (χ2v) is 5.54. The van der Waals surface area contributed by atoms with Gasteiger partial charge in [0.05, 0.1) is 19.3 Å². The first-order valence-corrected chi connectivity index (χ1v) is 7.72. The molecular weight excluding hydrogens is 278 g/mol. The molecule has 1 aromatic carbocycles. The Morgan fingerprint density at radius 1 is 1.36 bits per heavy atom. The van der Waals surface area contributed by atoms with Crippen molar-refractivity contribution in [3.8, 4) is 0 Å². The zero-order valence-electron chi connectivity index (χ0n) is 12.8. The number of aryl methyl sites for hydroxylation is 1. The number of aromatic nitrogens is 2. The minimum Gasteiger partial charge on any atom is -0.371 e. The minimum atomic E-state index is -0.0743. The van der Waals surface area contributed by atoms with Crippen molar-refractivity contribution < 1.29 is 4.74 Å². The van der Waals surface area contributed by atoms with Crippen molar-refractivity contribution in [3.63, 3.8) is 0 Å².